The average molecular weight is 371 g/mol. The van der Waals surface area contributed by atoms with Crippen LogP contribution in [0.4, 0.5) is 0 Å². The number of nitrogens with zero attached hydrogens (tertiary/aromatic N) is 2. The van der Waals surface area contributed by atoms with Crippen molar-refractivity contribution in [3.63, 3.8) is 0 Å². The van der Waals surface area contributed by atoms with Crippen molar-refractivity contribution < 1.29 is 0 Å². The summed E-state index contributed by atoms with van der Waals surface area (Å²) in [5.74, 6) is 0. The molecule has 1 heterocycles. The van der Waals surface area contributed by atoms with Crippen LogP contribution in [0, 0.1) is 0 Å². The molecule has 0 aliphatic carbocycles. The van der Waals surface area contributed by atoms with Crippen LogP contribution in [0.5, 0.6) is 0 Å². The number of benzene rings is 1. The molecule has 0 saturated carbocycles. The molecule has 0 bridgehead atoms. The van der Waals surface area contributed by atoms with Gasteiger partial charge in [-0.15, -0.1) is 0 Å². The van der Waals surface area contributed by atoms with E-state index in [0.29, 0.717) is 5.15 Å². The molecule has 6 heteroatoms. The van der Waals surface area contributed by atoms with Crippen molar-refractivity contribution in [2.24, 2.45) is 0 Å². The Bertz CT molecular complexity index is 517. The maximum atomic E-state index is 5.97. The van der Waals surface area contributed by atoms with Crippen LogP contribution in [0.3, 0.4) is 0 Å². The quantitative estimate of drug-likeness (QED) is 0.412. The van der Waals surface area contributed by atoms with Crippen LogP contribution in [-0.4, -0.2) is 9.97 Å². The highest BCUT2D eigenvalue weighted by molar-refractivity contribution is 9.24. The lowest BCUT2D eigenvalue weighted by atomic mass is 10.2. The summed E-state index contributed by atoms with van der Waals surface area (Å²) in [5, 5.41) is 1.32. The molecule has 0 spiro atoms. The number of halogens is 4. The van der Waals surface area contributed by atoms with Crippen molar-refractivity contribution in [3.8, 4) is 0 Å². The maximum Gasteiger partial charge on any atom is 0.224 e. The van der Waals surface area contributed by atoms with Gasteiger partial charge in [-0.1, -0.05) is 49.5 Å². The molecule has 2 rings (SSSR count). The summed E-state index contributed by atoms with van der Waals surface area (Å²) in [4.78, 5) is 7.97. The van der Waals surface area contributed by atoms with E-state index < -0.39 is 0 Å². The first-order valence-corrected chi connectivity index (χ1v) is 6.57. The fourth-order valence-electron chi connectivity index (χ4n) is 1.22. The molecule has 1 aromatic heterocycles. The summed E-state index contributed by atoms with van der Waals surface area (Å²) in [6, 6.07) is 5.72. The fourth-order valence-corrected chi connectivity index (χ4v) is 2.24. The second kappa shape index (κ2) is 4.53. The van der Waals surface area contributed by atoms with Gasteiger partial charge in [-0.3, -0.25) is 0 Å². The van der Waals surface area contributed by atoms with Gasteiger partial charge in [0.05, 0.1) is 9.25 Å². The second-order valence-electron chi connectivity index (χ2n) is 2.86. The largest absolute Gasteiger partial charge is 0.224 e. The molecule has 1 aromatic carbocycles. The van der Waals surface area contributed by atoms with E-state index in [1.54, 1.807) is 0 Å². The first kappa shape index (κ1) is 11.6. The predicted molar refractivity (Wildman–Crippen MR) is 70.2 cm³/mol. The van der Waals surface area contributed by atoms with Gasteiger partial charge in [0, 0.05) is 5.39 Å². The van der Waals surface area contributed by atoms with Crippen LogP contribution in [0.15, 0.2) is 18.2 Å². The molecule has 2 nitrogen and oxygen atoms in total. The Morgan fingerprint density at radius 2 is 1.87 bits per heavy atom. The summed E-state index contributed by atoms with van der Waals surface area (Å²) in [6.07, 6.45) is 0. The molecule has 78 valence electrons. The summed E-state index contributed by atoms with van der Waals surface area (Å²) < 4.78 is 0.0844. The van der Waals surface area contributed by atoms with Gasteiger partial charge >= 0.3 is 0 Å². The Kier molecular flexibility index (Phi) is 3.50. The number of hydrogen-bond acceptors (Lipinski definition) is 2. The summed E-state index contributed by atoms with van der Waals surface area (Å²) in [7, 11) is 0. The molecule has 0 aliphatic heterocycles. The van der Waals surface area contributed by atoms with Gasteiger partial charge in [-0.2, -0.15) is 0 Å². The van der Waals surface area contributed by atoms with E-state index in [9.17, 15) is 0 Å². The van der Waals surface area contributed by atoms with Crippen LogP contribution >= 0.6 is 55.1 Å². The van der Waals surface area contributed by atoms with Gasteiger partial charge in [-0.05, 0) is 29.3 Å². The topological polar surface area (TPSA) is 25.8 Å². The molecular formula is C9H4Br2Cl2N2. The van der Waals surface area contributed by atoms with Crippen LogP contribution in [0.2, 0.25) is 10.4 Å². The summed E-state index contributed by atoms with van der Waals surface area (Å²) in [5.41, 5.74) is 1.79. The zero-order valence-corrected chi connectivity index (χ0v) is 11.9. The minimum absolute atomic E-state index is 0.0844. The van der Waals surface area contributed by atoms with Crippen molar-refractivity contribution in [1.82, 2.24) is 9.97 Å². The van der Waals surface area contributed by atoms with E-state index in [1.807, 2.05) is 18.2 Å². The molecule has 0 saturated heterocycles. The lowest BCUT2D eigenvalue weighted by Crippen LogP contribution is -1.88. The molecule has 0 fully saturated rings. The van der Waals surface area contributed by atoms with Crippen molar-refractivity contribution in [2.75, 3.05) is 0 Å². The number of rotatable bonds is 1. The Labute approximate surface area is 113 Å². The normalized spacial score (nSPS) is 11.3. The number of alkyl halides is 2. The molecule has 2 aromatic rings. The third-order valence-corrected chi connectivity index (χ3v) is 3.41. The highest BCUT2D eigenvalue weighted by Crippen LogP contribution is 2.32. The van der Waals surface area contributed by atoms with Gasteiger partial charge in [0.25, 0.3) is 0 Å². The van der Waals surface area contributed by atoms with Gasteiger partial charge in [-0.25, -0.2) is 9.97 Å². The number of fused-ring (bicyclic) bond motifs is 1. The molecule has 0 amide bonds. The lowest BCUT2D eigenvalue weighted by molar-refractivity contribution is 1.22. The van der Waals surface area contributed by atoms with Gasteiger partial charge in [0.1, 0.15) is 5.15 Å². The summed E-state index contributed by atoms with van der Waals surface area (Å²) >= 11 is 18.5. The first-order valence-electron chi connectivity index (χ1n) is 3.99. The third kappa shape index (κ3) is 2.44. The van der Waals surface area contributed by atoms with Crippen LogP contribution in [0.1, 0.15) is 9.30 Å². The monoisotopic (exact) mass is 368 g/mol. The Morgan fingerprint density at radius 3 is 2.53 bits per heavy atom. The van der Waals surface area contributed by atoms with E-state index in [2.05, 4.69) is 41.8 Å². The zero-order valence-electron chi connectivity index (χ0n) is 7.22. The Balaban J connectivity index is 2.71. The van der Waals surface area contributed by atoms with Crippen LogP contribution in [0.25, 0.3) is 10.9 Å². The maximum absolute atomic E-state index is 5.97. The highest BCUT2D eigenvalue weighted by Gasteiger charge is 2.08. The predicted octanol–water partition coefficient (Wildman–Crippen LogP) is 4.73. The van der Waals surface area contributed by atoms with Gasteiger partial charge in [0.2, 0.25) is 5.28 Å². The van der Waals surface area contributed by atoms with E-state index in [4.69, 9.17) is 23.2 Å². The van der Waals surface area contributed by atoms with Crippen molar-refractivity contribution >= 4 is 66.0 Å². The standard InChI is InChI=1S/C9H4Br2Cl2N2/c10-7(11)4-1-2-6-5(3-4)8(12)15-9(13)14-6/h1-3,7H. The first-order chi connectivity index (χ1) is 7.08. The molecule has 0 aliphatic rings. The Hall–Kier alpha value is 0.1000. The molecule has 0 radical (unpaired) electrons. The minimum atomic E-state index is 0.0844. The van der Waals surface area contributed by atoms with E-state index >= 15 is 0 Å². The zero-order chi connectivity index (χ0) is 11.0. The molecular weight excluding hydrogens is 367 g/mol. The number of hydrogen-bond donors (Lipinski definition) is 0. The van der Waals surface area contributed by atoms with E-state index in [-0.39, 0.29) is 9.02 Å². The molecule has 15 heavy (non-hydrogen) atoms. The lowest BCUT2D eigenvalue weighted by Gasteiger charge is -2.05. The van der Waals surface area contributed by atoms with Crippen molar-refractivity contribution in [1.29, 1.82) is 0 Å². The van der Waals surface area contributed by atoms with Crippen molar-refractivity contribution in [2.45, 2.75) is 3.74 Å². The van der Waals surface area contributed by atoms with Gasteiger partial charge in [0.15, 0.2) is 0 Å². The van der Waals surface area contributed by atoms with E-state index in [0.717, 1.165) is 16.5 Å². The highest BCUT2D eigenvalue weighted by atomic mass is 79.9. The second-order valence-corrected chi connectivity index (χ2v) is 6.62. The SMILES string of the molecule is Clc1nc(Cl)c2cc(C(Br)Br)ccc2n1. The molecule has 0 N–H and O–H groups in total. The average Bonchev–Trinajstić information content (AvgIpc) is 2.16. The summed E-state index contributed by atoms with van der Waals surface area (Å²) in [6.45, 7) is 0. The van der Waals surface area contributed by atoms with E-state index in [1.165, 1.54) is 0 Å². The number of aromatic nitrogens is 2. The smallest absolute Gasteiger partial charge is 0.218 e. The van der Waals surface area contributed by atoms with Crippen LogP contribution in [-0.2, 0) is 0 Å². The van der Waals surface area contributed by atoms with Crippen molar-refractivity contribution in [3.05, 3.63) is 34.2 Å². The Morgan fingerprint density at radius 1 is 1.13 bits per heavy atom. The van der Waals surface area contributed by atoms with Crippen LogP contribution < -0.4 is 0 Å². The molecule has 0 unspecified atom stereocenters. The fraction of sp³-hybridized carbons (Fsp3) is 0.111. The van der Waals surface area contributed by atoms with Gasteiger partial charge < -0.3 is 0 Å². The molecule has 0 atom stereocenters. The minimum Gasteiger partial charge on any atom is -0.218 e. The third-order valence-electron chi connectivity index (χ3n) is 1.90.